The van der Waals surface area contributed by atoms with E-state index in [9.17, 15) is 0 Å². The Morgan fingerprint density at radius 1 is 0.931 bits per heavy atom. The Balaban J connectivity index is 1.56. The number of nitrogens with zero attached hydrogens (tertiary/aromatic N) is 2. The van der Waals surface area contributed by atoms with E-state index in [-0.39, 0.29) is 0 Å². The van der Waals surface area contributed by atoms with Crippen LogP contribution in [-0.4, -0.2) is 16.6 Å². The highest BCUT2D eigenvalue weighted by molar-refractivity contribution is 9.10. The minimum absolute atomic E-state index is 0.535. The van der Waals surface area contributed by atoms with Gasteiger partial charge in [-0.15, -0.1) is 0 Å². The highest BCUT2D eigenvalue weighted by Gasteiger charge is 2.23. The molecule has 1 aliphatic rings. The van der Waals surface area contributed by atoms with Crippen LogP contribution < -0.4 is 4.74 Å². The lowest BCUT2D eigenvalue weighted by molar-refractivity contribution is 0.297. The normalized spacial score (nSPS) is 19.3. The lowest BCUT2D eigenvalue weighted by atomic mass is 9.79. The summed E-state index contributed by atoms with van der Waals surface area (Å²) in [5.74, 6) is 3.38. The van der Waals surface area contributed by atoms with Crippen molar-refractivity contribution in [1.29, 1.82) is 0 Å². The van der Waals surface area contributed by atoms with Gasteiger partial charge in [-0.3, -0.25) is 0 Å². The van der Waals surface area contributed by atoms with Crippen molar-refractivity contribution in [3.63, 3.8) is 0 Å². The molecule has 0 aliphatic heterocycles. The van der Waals surface area contributed by atoms with E-state index in [2.05, 4.69) is 41.9 Å². The van der Waals surface area contributed by atoms with Gasteiger partial charge in [0.25, 0.3) is 0 Å². The molecule has 1 aromatic heterocycles. The van der Waals surface area contributed by atoms with Crippen molar-refractivity contribution < 1.29 is 4.74 Å². The molecule has 0 bridgehead atoms. The van der Waals surface area contributed by atoms with Gasteiger partial charge in [-0.1, -0.05) is 52.0 Å². The third-order valence-corrected chi connectivity index (χ3v) is 6.74. The summed E-state index contributed by atoms with van der Waals surface area (Å²) in [7, 11) is 0. The highest BCUT2D eigenvalue weighted by Crippen LogP contribution is 2.37. The quantitative estimate of drug-likeness (QED) is 0.338. The molecule has 1 saturated carbocycles. The van der Waals surface area contributed by atoms with E-state index in [1.54, 1.807) is 0 Å². The molecule has 0 radical (unpaired) electrons. The summed E-state index contributed by atoms with van der Waals surface area (Å²) < 4.78 is 6.81. The summed E-state index contributed by atoms with van der Waals surface area (Å²) in [5, 5.41) is 0. The first kappa shape index (κ1) is 22.3. The van der Waals surface area contributed by atoms with E-state index in [4.69, 9.17) is 14.7 Å². The minimum Gasteiger partial charge on any atom is -0.492 e. The van der Waals surface area contributed by atoms with Crippen molar-refractivity contribution in [2.24, 2.45) is 5.92 Å². The largest absolute Gasteiger partial charge is 0.492 e. The summed E-state index contributed by atoms with van der Waals surface area (Å²) >= 11 is 3.64. The number of unbranched alkanes of at least 4 members (excludes halogenated alkanes) is 3. The molecule has 3 nitrogen and oxygen atoms in total. The number of hydrogen-bond acceptors (Lipinski definition) is 3. The van der Waals surface area contributed by atoms with E-state index >= 15 is 0 Å². The second kappa shape index (κ2) is 11.7. The highest BCUT2D eigenvalue weighted by atomic mass is 79.9. The number of aromatic nitrogens is 2. The number of rotatable bonds is 10. The van der Waals surface area contributed by atoms with Gasteiger partial charge >= 0.3 is 0 Å². The number of halogens is 1. The molecular formula is C25H35BrN2O. The molecule has 1 aliphatic carbocycles. The Morgan fingerprint density at radius 3 is 2.31 bits per heavy atom. The first-order valence-corrected chi connectivity index (χ1v) is 12.2. The second-order valence-electron chi connectivity index (χ2n) is 8.39. The fraction of sp³-hybridized carbons (Fsp3) is 0.600. The molecule has 0 unspecified atom stereocenters. The van der Waals surface area contributed by atoms with Gasteiger partial charge in [0, 0.05) is 23.9 Å². The minimum atomic E-state index is 0.535. The number of benzene rings is 1. The maximum atomic E-state index is 5.83. The molecule has 1 heterocycles. The van der Waals surface area contributed by atoms with E-state index < -0.39 is 0 Å². The molecule has 0 spiro atoms. The maximum Gasteiger partial charge on any atom is 0.133 e. The molecule has 158 valence electrons. The summed E-state index contributed by atoms with van der Waals surface area (Å²) in [4.78, 5) is 9.47. The molecule has 1 fully saturated rings. The van der Waals surface area contributed by atoms with Gasteiger partial charge < -0.3 is 4.74 Å². The van der Waals surface area contributed by atoms with Crippen molar-refractivity contribution in [2.75, 3.05) is 6.61 Å². The maximum absolute atomic E-state index is 5.83. The molecule has 29 heavy (non-hydrogen) atoms. The SMILES string of the molecule is CCCCC[C@H]1CC[C@H](c2ncc(-c3ccc(OCCCC)c(Br)c3)cn2)CC1. The zero-order valence-corrected chi connectivity index (χ0v) is 19.6. The van der Waals surface area contributed by atoms with E-state index in [1.807, 2.05) is 18.5 Å². The van der Waals surface area contributed by atoms with Crippen LogP contribution in [0, 0.1) is 5.92 Å². The average molecular weight is 459 g/mol. The monoisotopic (exact) mass is 458 g/mol. The van der Waals surface area contributed by atoms with Crippen LogP contribution in [0.1, 0.15) is 89.8 Å². The Morgan fingerprint density at radius 2 is 1.66 bits per heavy atom. The summed E-state index contributed by atoms with van der Waals surface area (Å²) in [5.41, 5.74) is 2.17. The zero-order valence-electron chi connectivity index (χ0n) is 18.0. The molecule has 0 amide bonds. The Kier molecular flexibility index (Phi) is 8.97. The first-order chi connectivity index (χ1) is 14.2. The van der Waals surface area contributed by atoms with Gasteiger partial charge in [0.05, 0.1) is 11.1 Å². The first-order valence-electron chi connectivity index (χ1n) is 11.5. The zero-order chi connectivity index (χ0) is 20.5. The van der Waals surface area contributed by atoms with Crippen LogP contribution in [0.4, 0.5) is 0 Å². The van der Waals surface area contributed by atoms with E-state index in [0.717, 1.165) is 52.5 Å². The van der Waals surface area contributed by atoms with Gasteiger partial charge in [-0.2, -0.15) is 0 Å². The fourth-order valence-corrected chi connectivity index (χ4v) is 4.71. The summed E-state index contributed by atoms with van der Waals surface area (Å²) in [6.07, 6.45) is 16.8. The standard InChI is InChI=1S/C25H35BrN2O/c1-3-5-7-8-19-9-11-20(12-10-19)25-27-17-22(18-28-25)21-13-14-24(23(26)16-21)29-15-6-4-2/h13-14,16-20H,3-12,15H2,1-2H3/t19-,20-. The lowest BCUT2D eigenvalue weighted by Crippen LogP contribution is -2.15. The second-order valence-corrected chi connectivity index (χ2v) is 9.24. The van der Waals surface area contributed by atoms with Crippen molar-refractivity contribution in [2.45, 2.75) is 84.0 Å². The van der Waals surface area contributed by atoms with Crippen LogP contribution in [-0.2, 0) is 0 Å². The molecule has 0 N–H and O–H groups in total. The van der Waals surface area contributed by atoms with Gasteiger partial charge in [0.1, 0.15) is 11.6 Å². The Bertz CT molecular complexity index is 739. The molecule has 0 saturated heterocycles. The summed E-state index contributed by atoms with van der Waals surface area (Å²) in [6.45, 7) is 5.21. The predicted octanol–water partition coefficient (Wildman–Crippen LogP) is 7.94. The van der Waals surface area contributed by atoms with Crippen molar-refractivity contribution >= 4 is 15.9 Å². The van der Waals surface area contributed by atoms with Crippen LogP contribution in [0.2, 0.25) is 0 Å². The van der Waals surface area contributed by atoms with Crippen LogP contribution in [0.15, 0.2) is 35.1 Å². The van der Waals surface area contributed by atoms with Gasteiger partial charge in [0.15, 0.2) is 0 Å². The van der Waals surface area contributed by atoms with Crippen LogP contribution in [0.3, 0.4) is 0 Å². The molecule has 1 aromatic carbocycles. The van der Waals surface area contributed by atoms with Gasteiger partial charge in [-0.05, 0) is 71.6 Å². The summed E-state index contributed by atoms with van der Waals surface area (Å²) in [6, 6.07) is 6.22. The van der Waals surface area contributed by atoms with Crippen molar-refractivity contribution in [1.82, 2.24) is 9.97 Å². The molecular weight excluding hydrogens is 424 g/mol. The third-order valence-electron chi connectivity index (χ3n) is 6.12. The smallest absolute Gasteiger partial charge is 0.133 e. The van der Waals surface area contributed by atoms with Crippen molar-refractivity contribution in [3.05, 3.63) is 40.9 Å². The molecule has 2 aromatic rings. The van der Waals surface area contributed by atoms with Crippen LogP contribution in [0.5, 0.6) is 5.75 Å². The van der Waals surface area contributed by atoms with E-state index in [1.165, 1.54) is 51.4 Å². The molecule has 0 atom stereocenters. The average Bonchev–Trinajstić information content (AvgIpc) is 2.76. The van der Waals surface area contributed by atoms with Crippen LogP contribution >= 0.6 is 15.9 Å². The Labute approximate surface area is 184 Å². The van der Waals surface area contributed by atoms with Crippen LogP contribution in [0.25, 0.3) is 11.1 Å². The van der Waals surface area contributed by atoms with Gasteiger partial charge in [-0.25, -0.2) is 9.97 Å². The fourth-order valence-electron chi connectivity index (χ4n) is 4.21. The number of ether oxygens (including phenoxy) is 1. The van der Waals surface area contributed by atoms with Crippen molar-refractivity contribution in [3.8, 4) is 16.9 Å². The lowest BCUT2D eigenvalue weighted by Gasteiger charge is -2.27. The number of hydrogen-bond donors (Lipinski definition) is 0. The molecule has 3 rings (SSSR count). The predicted molar refractivity (Wildman–Crippen MR) is 124 cm³/mol. The van der Waals surface area contributed by atoms with E-state index in [0.29, 0.717) is 5.92 Å². The van der Waals surface area contributed by atoms with Gasteiger partial charge in [0.2, 0.25) is 0 Å². The Hall–Kier alpha value is -1.42. The molecule has 4 heteroatoms. The third kappa shape index (κ3) is 6.53. The topological polar surface area (TPSA) is 35.0 Å².